The molecule has 0 spiro atoms. The fourth-order valence-corrected chi connectivity index (χ4v) is 1.51. The summed E-state index contributed by atoms with van der Waals surface area (Å²) < 4.78 is 0. The molecule has 56 valence electrons. The maximum atomic E-state index is 6.76. The largest absolute Gasteiger partial charge is 0.302 e. The normalized spacial score (nSPS) is 12.1. The summed E-state index contributed by atoms with van der Waals surface area (Å²) in [7, 11) is 0. The molecule has 0 saturated heterocycles. The summed E-state index contributed by atoms with van der Waals surface area (Å²) in [5, 5.41) is 0.630. The summed E-state index contributed by atoms with van der Waals surface area (Å²) in [5.74, 6) is 0. The molecule has 0 aromatic heterocycles. The molecule has 0 aliphatic heterocycles. The number of halogens is 2. The van der Waals surface area contributed by atoms with Gasteiger partial charge in [0.15, 0.2) is 0 Å². The van der Waals surface area contributed by atoms with Crippen LogP contribution in [0.25, 0.3) is 4.85 Å². The van der Waals surface area contributed by atoms with E-state index < -0.39 is 0 Å². The van der Waals surface area contributed by atoms with Gasteiger partial charge in [0.1, 0.15) is 0 Å². The van der Waals surface area contributed by atoms with Crippen molar-refractivity contribution in [3.8, 4) is 0 Å². The molecule has 1 rings (SSSR count). The van der Waals surface area contributed by atoms with Crippen LogP contribution < -0.4 is 0 Å². The summed E-state index contributed by atoms with van der Waals surface area (Å²) in [6, 6.07) is 7.31. The van der Waals surface area contributed by atoms with Crippen molar-refractivity contribution < 1.29 is 0 Å². The lowest BCUT2D eigenvalue weighted by atomic mass is 10.2. The highest BCUT2D eigenvalue weighted by atomic mass is 79.9. The van der Waals surface area contributed by atoms with E-state index in [1.807, 2.05) is 18.2 Å². The van der Waals surface area contributed by atoms with Gasteiger partial charge in [-0.25, -0.2) is 6.57 Å². The zero-order valence-electron chi connectivity index (χ0n) is 5.59. The Morgan fingerprint density at radius 2 is 2.09 bits per heavy atom. The Labute approximate surface area is 78.9 Å². The topological polar surface area (TPSA) is 4.36 Å². The molecule has 0 radical (unpaired) electrons. The molecule has 1 atom stereocenters. The molecule has 0 heterocycles. The van der Waals surface area contributed by atoms with Crippen LogP contribution in [0.1, 0.15) is 10.5 Å². The van der Waals surface area contributed by atoms with Gasteiger partial charge in [0.25, 0.3) is 0 Å². The predicted octanol–water partition coefficient (Wildman–Crippen LogP) is 3.65. The van der Waals surface area contributed by atoms with Gasteiger partial charge in [-0.2, -0.15) is 0 Å². The second kappa shape index (κ2) is 3.75. The highest BCUT2D eigenvalue weighted by Crippen LogP contribution is 2.29. The fourth-order valence-electron chi connectivity index (χ4n) is 0.738. The Morgan fingerprint density at radius 3 is 2.64 bits per heavy atom. The van der Waals surface area contributed by atoms with Crippen molar-refractivity contribution in [2.75, 3.05) is 0 Å². The van der Waals surface area contributed by atoms with Gasteiger partial charge >= 0.3 is 4.95 Å². The van der Waals surface area contributed by atoms with E-state index in [4.69, 9.17) is 18.2 Å². The van der Waals surface area contributed by atoms with Gasteiger partial charge < -0.3 is 0 Å². The zero-order chi connectivity index (χ0) is 8.27. The van der Waals surface area contributed by atoms with Crippen molar-refractivity contribution in [2.45, 2.75) is 4.95 Å². The number of nitrogens with zero attached hydrogens (tertiary/aromatic N) is 1. The van der Waals surface area contributed by atoms with Crippen molar-refractivity contribution >= 4 is 27.5 Å². The third-order valence-corrected chi connectivity index (χ3v) is 2.32. The maximum absolute atomic E-state index is 6.76. The van der Waals surface area contributed by atoms with Crippen molar-refractivity contribution in [1.82, 2.24) is 0 Å². The molecule has 1 aromatic carbocycles. The van der Waals surface area contributed by atoms with E-state index in [0.717, 1.165) is 5.56 Å². The lowest BCUT2D eigenvalue weighted by Gasteiger charge is -1.98. The monoisotopic (exact) mass is 229 g/mol. The van der Waals surface area contributed by atoms with Crippen LogP contribution in [0.3, 0.4) is 0 Å². The number of hydrogen-bond acceptors (Lipinski definition) is 0. The lowest BCUT2D eigenvalue weighted by molar-refractivity contribution is 1.25. The average molecular weight is 230 g/mol. The second-order valence-electron chi connectivity index (χ2n) is 1.99. The smallest absolute Gasteiger partial charge is 0.296 e. The number of hydrogen-bond donors (Lipinski definition) is 0. The van der Waals surface area contributed by atoms with Gasteiger partial charge in [0.05, 0.1) is 10.6 Å². The molecule has 0 aliphatic carbocycles. The zero-order valence-corrected chi connectivity index (χ0v) is 7.93. The molecule has 3 heteroatoms. The Kier molecular flexibility index (Phi) is 2.92. The minimum absolute atomic E-state index is 0.323. The van der Waals surface area contributed by atoms with E-state index in [9.17, 15) is 0 Å². The number of benzene rings is 1. The van der Waals surface area contributed by atoms with Gasteiger partial charge in [0.2, 0.25) is 0 Å². The van der Waals surface area contributed by atoms with Gasteiger partial charge in [-0.1, -0.05) is 23.7 Å². The van der Waals surface area contributed by atoms with Crippen LogP contribution in [-0.4, -0.2) is 0 Å². The molecule has 0 fully saturated rings. The van der Waals surface area contributed by atoms with Crippen LogP contribution in [0.15, 0.2) is 24.3 Å². The quantitative estimate of drug-likeness (QED) is 0.394. The van der Waals surface area contributed by atoms with Crippen LogP contribution >= 0.6 is 27.5 Å². The van der Waals surface area contributed by atoms with E-state index in [-0.39, 0.29) is 4.95 Å². The van der Waals surface area contributed by atoms with E-state index in [1.54, 1.807) is 6.07 Å². The summed E-state index contributed by atoms with van der Waals surface area (Å²) in [5.41, 5.74) is 0.823. The molecule has 1 unspecified atom stereocenters. The van der Waals surface area contributed by atoms with Crippen molar-refractivity contribution in [1.29, 1.82) is 0 Å². The van der Waals surface area contributed by atoms with E-state index >= 15 is 0 Å². The van der Waals surface area contributed by atoms with E-state index in [0.29, 0.717) is 5.02 Å². The highest BCUT2D eigenvalue weighted by molar-refractivity contribution is 9.09. The Hall–Kier alpha value is -0.520. The van der Waals surface area contributed by atoms with E-state index in [1.165, 1.54) is 0 Å². The summed E-state index contributed by atoms with van der Waals surface area (Å²) in [4.78, 5) is 2.98. The molecule has 0 saturated carbocycles. The predicted molar refractivity (Wildman–Crippen MR) is 49.7 cm³/mol. The first-order valence-electron chi connectivity index (χ1n) is 3.01. The maximum Gasteiger partial charge on any atom is 0.302 e. The second-order valence-corrected chi connectivity index (χ2v) is 3.26. The van der Waals surface area contributed by atoms with Gasteiger partial charge in [-0.3, -0.25) is 4.85 Å². The van der Waals surface area contributed by atoms with Gasteiger partial charge in [-0.05, 0) is 12.1 Å². The average Bonchev–Trinajstić information content (AvgIpc) is 2.04. The SMILES string of the molecule is [C-]#[N+]C(Br)c1ccccc1Cl. The third kappa shape index (κ3) is 1.95. The third-order valence-electron chi connectivity index (χ3n) is 1.28. The first kappa shape index (κ1) is 8.58. The molecule has 0 N–H and O–H groups in total. The van der Waals surface area contributed by atoms with Gasteiger partial charge in [-0.15, -0.1) is 0 Å². The Morgan fingerprint density at radius 1 is 1.45 bits per heavy atom. The van der Waals surface area contributed by atoms with Crippen LogP contribution in [0.5, 0.6) is 0 Å². The number of rotatable bonds is 1. The number of alkyl halides is 1. The lowest BCUT2D eigenvalue weighted by Crippen LogP contribution is -1.83. The molecular weight excluding hydrogens is 225 g/mol. The first-order valence-corrected chi connectivity index (χ1v) is 4.30. The molecule has 0 bridgehead atoms. The van der Waals surface area contributed by atoms with Crippen molar-refractivity contribution in [3.05, 3.63) is 46.3 Å². The minimum atomic E-state index is -0.323. The molecule has 1 nitrogen and oxygen atoms in total. The molecule has 0 amide bonds. The molecular formula is C8H5BrClN. The van der Waals surface area contributed by atoms with Crippen molar-refractivity contribution in [2.24, 2.45) is 0 Å². The van der Waals surface area contributed by atoms with Crippen molar-refractivity contribution in [3.63, 3.8) is 0 Å². The molecule has 0 aliphatic rings. The standard InChI is InChI=1S/C8H5BrClN/c1-11-8(9)6-4-2-3-5-7(6)10/h2-5,8H. The fraction of sp³-hybridized carbons (Fsp3) is 0.125. The summed E-state index contributed by atoms with van der Waals surface area (Å²) in [6.07, 6.45) is 0. The Bertz CT molecular complexity index is 292. The summed E-state index contributed by atoms with van der Waals surface area (Å²) in [6.45, 7) is 6.76. The highest BCUT2D eigenvalue weighted by Gasteiger charge is 2.12. The first-order chi connectivity index (χ1) is 5.25. The molecule has 1 aromatic rings. The van der Waals surface area contributed by atoms with Crippen LogP contribution in [-0.2, 0) is 0 Å². The van der Waals surface area contributed by atoms with E-state index in [2.05, 4.69) is 20.8 Å². The molecule has 11 heavy (non-hydrogen) atoms. The Balaban J connectivity index is 3.05. The minimum Gasteiger partial charge on any atom is -0.296 e. The van der Waals surface area contributed by atoms with Crippen LogP contribution in [0, 0.1) is 6.57 Å². The van der Waals surface area contributed by atoms with Gasteiger partial charge in [0, 0.05) is 15.9 Å². The summed E-state index contributed by atoms with van der Waals surface area (Å²) >= 11 is 9.02. The van der Waals surface area contributed by atoms with Crippen LogP contribution in [0.2, 0.25) is 5.02 Å². The van der Waals surface area contributed by atoms with Crippen LogP contribution in [0.4, 0.5) is 0 Å².